The number of benzene rings is 1. The number of rotatable bonds is 8. The van der Waals surface area contributed by atoms with Gasteiger partial charge in [0.15, 0.2) is 0 Å². The summed E-state index contributed by atoms with van der Waals surface area (Å²) in [6, 6.07) is 5.85. The van der Waals surface area contributed by atoms with E-state index in [-0.39, 0.29) is 48.7 Å². The lowest BCUT2D eigenvalue weighted by molar-refractivity contribution is -0.137. The van der Waals surface area contributed by atoms with Gasteiger partial charge in [0.2, 0.25) is 0 Å². The van der Waals surface area contributed by atoms with Crippen molar-refractivity contribution in [1.82, 2.24) is 0 Å². The lowest BCUT2D eigenvalue weighted by Gasteiger charge is -2.13. The molecule has 10 heteroatoms. The summed E-state index contributed by atoms with van der Waals surface area (Å²) < 4.78 is 82.7. The Bertz CT molecular complexity index is 627. The largest absolute Gasteiger partial charge is 0.492 e. The van der Waals surface area contributed by atoms with Crippen molar-refractivity contribution < 1.29 is 35.8 Å². The molecule has 0 fully saturated rings. The van der Waals surface area contributed by atoms with Gasteiger partial charge in [-0.2, -0.15) is 36.9 Å². The van der Waals surface area contributed by atoms with Crippen molar-refractivity contribution in [1.29, 1.82) is 10.5 Å². The highest BCUT2D eigenvalue weighted by Crippen LogP contribution is 2.31. The van der Waals surface area contributed by atoms with Crippen molar-refractivity contribution in [2.24, 2.45) is 0 Å². The maximum absolute atomic E-state index is 12.1. The van der Waals surface area contributed by atoms with Gasteiger partial charge >= 0.3 is 12.4 Å². The molecule has 0 aromatic heterocycles. The molecule has 0 saturated carbocycles. The van der Waals surface area contributed by atoms with Gasteiger partial charge in [-0.1, -0.05) is 0 Å². The predicted molar refractivity (Wildman–Crippen MR) is 77.4 cm³/mol. The summed E-state index contributed by atoms with van der Waals surface area (Å²) in [5.74, 6) is -0.178. The molecular formula is C16H14F6N2O2. The Labute approximate surface area is 145 Å². The van der Waals surface area contributed by atoms with Crippen molar-refractivity contribution in [3.05, 3.63) is 23.3 Å². The molecule has 1 rings (SSSR count). The maximum atomic E-state index is 12.1. The van der Waals surface area contributed by atoms with E-state index in [0.717, 1.165) is 0 Å². The van der Waals surface area contributed by atoms with Crippen LogP contribution in [0.25, 0.3) is 0 Å². The molecule has 0 spiro atoms. The zero-order valence-corrected chi connectivity index (χ0v) is 13.4. The zero-order valence-electron chi connectivity index (χ0n) is 13.4. The molecule has 142 valence electrons. The average Bonchev–Trinajstić information content (AvgIpc) is 2.53. The van der Waals surface area contributed by atoms with Crippen LogP contribution in [0.15, 0.2) is 12.1 Å². The van der Waals surface area contributed by atoms with Crippen LogP contribution >= 0.6 is 0 Å². The molecule has 0 aliphatic heterocycles. The second-order valence-corrected chi connectivity index (χ2v) is 5.17. The number of hydrogen-bond donors (Lipinski definition) is 0. The van der Waals surface area contributed by atoms with Crippen molar-refractivity contribution in [3.8, 4) is 23.6 Å². The SMILES string of the molecule is N#Cc1c(OCCCC(F)(F)F)ccc(OCCCC(F)(F)F)c1C#N. The van der Waals surface area contributed by atoms with E-state index < -0.39 is 25.2 Å². The van der Waals surface area contributed by atoms with E-state index in [2.05, 4.69) is 0 Å². The number of alkyl halides is 6. The first-order chi connectivity index (χ1) is 12.1. The number of ether oxygens (including phenoxy) is 2. The average molecular weight is 380 g/mol. The Hall–Kier alpha value is -2.62. The molecule has 0 unspecified atom stereocenters. The van der Waals surface area contributed by atoms with Gasteiger partial charge in [-0.25, -0.2) is 0 Å². The van der Waals surface area contributed by atoms with Crippen LogP contribution in [0, 0.1) is 22.7 Å². The third kappa shape index (κ3) is 7.51. The Balaban J connectivity index is 2.76. The molecule has 0 aliphatic carbocycles. The molecule has 4 nitrogen and oxygen atoms in total. The highest BCUT2D eigenvalue weighted by Gasteiger charge is 2.27. The van der Waals surface area contributed by atoms with Gasteiger partial charge in [0.1, 0.15) is 34.8 Å². The molecule has 0 radical (unpaired) electrons. The first-order valence-electron chi connectivity index (χ1n) is 7.43. The van der Waals surface area contributed by atoms with Crippen LogP contribution in [-0.2, 0) is 0 Å². The first kappa shape index (κ1) is 21.4. The van der Waals surface area contributed by atoms with Crippen LogP contribution in [0.2, 0.25) is 0 Å². The molecule has 0 bridgehead atoms. The molecule has 0 N–H and O–H groups in total. The summed E-state index contributed by atoms with van der Waals surface area (Å²) in [6.07, 6.45) is -11.4. The third-order valence-electron chi connectivity index (χ3n) is 3.08. The fourth-order valence-corrected chi connectivity index (χ4v) is 1.94. The highest BCUT2D eigenvalue weighted by atomic mass is 19.4. The molecule has 26 heavy (non-hydrogen) atoms. The minimum atomic E-state index is -4.33. The van der Waals surface area contributed by atoms with Gasteiger partial charge < -0.3 is 9.47 Å². The van der Waals surface area contributed by atoms with Gasteiger partial charge in [-0.05, 0) is 25.0 Å². The van der Waals surface area contributed by atoms with E-state index in [1.165, 1.54) is 12.1 Å². The Morgan fingerprint density at radius 1 is 0.731 bits per heavy atom. The van der Waals surface area contributed by atoms with Gasteiger partial charge in [0, 0.05) is 12.8 Å². The summed E-state index contributed by atoms with van der Waals surface area (Å²) in [6.45, 7) is -0.629. The Morgan fingerprint density at radius 2 is 1.08 bits per heavy atom. The van der Waals surface area contributed by atoms with E-state index in [9.17, 15) is 26.3 Å². The first-order valence-corrected chi connectivity index (χ1v) is 7.43. The molecule has 0 heterocycles. The molecule has 1 aromatic rings. The summed E-state index contributed by atoms with van der Waals surface area (Å²) in [5.41, 5.74) is -0.485. The van der Waals surface area contributed by atoms with Gasteiger partial charge in [-0.15, -0.1) is 0 Å². The standard InChI is InChI=1S/C16H14F6N2O2/c17-15(18,19)5-1-7-25-13-3-4-14(12(10-24)11(13)9-23)26-8-2-6-16(20,21)22/h3-4H,1-2,5-8H2. The zero-order chi connectivity index (χ0) is 19.8. The van der Waals surface area contributed by atoms with Gasteiger partial charge in [0.05, 0.1) is 13.2 Å². The summed E-state index contributed by atoms with van der Waals surface area (Å²) in [5, 5.41) is 18.3. The van der Waals surface area contributed by atoms with Gasteiger partial charge in [0.25, 0.3) is 0 Å². The summed E-state index contributed by atoms with van der Waals surface area (Å²) >= 11 is 0. The molecule has 0 amide bonds. The molecule has 0 saturated heterocycles. The summed E-state index contributed by atoms with van der Waals surface area (Å²) in [7, 11) is 0. The fraction of sp³-hybridized carbons (Fsp3) is 0.500. The fourth-order valence-electron chi connectivity index (χ4n) is 1.94. The lowest BCUT2D eigenvalue weighted by atomic mass is 10.1. The Kier molecular flexibility index (Phi) is 7.56. The van der Waals surface area contributed by atoms with E-state index >= 15 is 0 Å². The van der Waals surface area contributed by atoms with Crippen LogP contribution in [0.3, 0.4) is 0 Å². The third-order valence-corrected chi connectivity index (χ3v) is 3.08. The maximum Gasteiger partial charge on any atom is 0.389 e. The van der Waals surface area contributed by atoms with Gasteiger partial charge in [-0.3, -0.25) is 0 Å². The van der Waals surface area contributed by atoms with Crippen molar-refractivity contribution >= 4 is 0 Å². The van der Waals surface area contributed by atoms with E-state index in [1.54, 1.807) is 12.1 Å². The number of nitriles is 2. The van der Waals surface area contributed by atoms with Crippen LogP contribution in [0.1, 0.15) is 36.8 Å². The molecular weight excluding hydrogens is 366 g/mol. The second-order valence-electron chi connectivity index (χ2n) is 5.17. The van der Waals surface area contributed by atoms with Crippen LogP contribution < -0.4 is 9.47 Å². The topological polar surface area (TPSA) is 66.0 Å². The monoisotopic (exact) mass is 380 g/mol. The van der Waals surface area contributed by atoms with Crippen LogP contribution in [0.4, 0.5) is 26.3 Å². The van der Waals surface area contributed by atoms with E-state index in [4.69, 9.17) is 20.0 Å². The van der Waals surface area contributed by atoms with Crippen molar-refractivity contribution in [2.45, 2.75) is 38.0 Å². The van der Waals surface area contributed by atoms with E-state index in [1.807, 2.05) is 0 Å². The normalized spacial score (nSPS) is 11.5. The molecule has 1 aromatic carbocycles. The lowest BCUT2D eigenvalue weighted by Crippen LogP contribution is -2.11. The minimum absolute atomic E-state index is 0.0890. The van der Waals surface area contributed by atoms with Crippen LogP contribution in [0.5, 0.6) is 11.5 Å². The Morgan fingerprint density at radius 3 is 1.35 bits per heavy atom. The second kappa shape index (κ2) is 9.18. The highest BCUT2D eigenvalue weighted by molar-refractivity contribution is 5.60. The van der Waals surface area contributed by atoms with Crippen LogP contribution in [-0.4, -0.2) is 25.6 Å². The quantitative estimate of drug-likeness (QED) is 0.477. The molecule has 0 atom stereocenters. The number of hydrogen-bond acceptors (Lipinski definition) is 4. The van der Waals surface area contributed by atoms with Crippen molar-refractivity contribution in [2.75, 3.05) is 13.2 Å². The molecule has 0 aliphatic rings. The van der Waals surface area contributed by atoms with Crippen molar-refractivity contribution in [3.63, 3.8) is 0 Å². The summed E-state index contributed by atoms with van der Waals surface area (Å²) in [4.78, 5) is 0. The smallest absolute Gasteiger partial charge is 0.389 e. The van der Waals surface area contributed by atoms with E-state index in [0.29, 0.717) is 0 Å². The predicted octanol–water partition coefficient (Wildman–Crippen LogP) is 4.87. The number of nitrogens with zero attached hydrogens (tertiary/aromatic N) is 2. The number of halogens is 6. The minimum Gasteiger partial charge on any atom is -0.492 e.